The molecule has 7 nitrogen and oxygen atoms in total. The fraction of sp³-hybridized carbons (Fsp3) is 0.613. The molecule has 0 amide bonds. The van der Waals surface area contributed by atoms with Crippen LogP contribution in [-0.2, 0) is 41.6 Å². The fourth-order valence-electron chi connectivity index (χ4n) is 5.50. The molecule has 2 aliphatic rings. The Morgan fingerprint density at radius 2 is 1.58 bits per heavy atom. The van der Waals surface area contributed by atoms with Gasteiger partial charge in [0.25, 0.3) is 0 Å². The van der Waals surface area contributed by atoms with Gasteiger partial charge in [0.1, 0.15) is 5.75 Å². The molecular formula is C31H44O7. The normalized spacial score (nSPS) is 26.6. The molecule has 2 aliphatic heterocycles. The first-order valence-electron chi connectivity index (χ1n) is 13.9. The average molecular weight is 529 g/mol. The summed E-state index contributed by atoms with van der Waals surface area (Å²) in [4.78, 5) is 0. The monoisotopic (exact) mass is 528 g/mol. The molecule has 210 valence electrons. The molecule has 7 heteroatoms. The van der Waals surface area contributed by atoms with Gasteiger partial charge in [-0.3, -0.25) is 0 Å². The molecule has 0 spiro atoms. The number of ether oxygens (including phenoxy) is 7. The summed E-state index contributed by atoms with van der Waals surface area (Å²) < 4.78 is 42.5. The highest BCUT2D eigenvalue weighted by Gasteiger charge is 2.47. The average Bonchev–Trinajstić information content (AvgIpc) is 3.53. The minimum Gasteiger partial charge on any atom is -0.497 e. The first-order chi connectivity index (χ1) is 18.6. The lowest BCUT2D eigenvalue weighted by molar-refractivity contribution is -0.175. The molecule has 2 saturated heterocycles. The third kappa shape index (κ3) is 7.56. The van der Waals surface area contributed by atoms with Crippen molar-refractivity contribution in [1.82, 2.24) is 0 Å². The summed E-state index contributed by atoms with van der Waals surface area (Å²) in [6.45, 7) is 7.06. The van der Waals surface area contributed by atoms with Crippen LogP contribution in [0.5, 0.6) is 5.75 Å². The van der Waals surface area contributed by atoms with Crippen LogP contribution in [-0.4, -0.2) is 64.2 Å². The van der Waals surface area contributed by atoms with E-state index in [9.17, 15) is 0 Å². The van der Waals surface area contributed by atoms with E-state index in [2.05, 4.69) is 26.0 Å². The second-order valence-corrected chi connectivity index (χ2v) is 10.2. The lowest BCUT2D eigenvalue weighted by Gasteiger charge is -2.26. The molecule has 0 N–H and O–H groups in total. The second kappa shape index (κ2) is 14.4. The summed E-state index contributed by atoms with van der Waals surface area (Å²) in [5.74, 6) is 0.453. The fourth-order valence-corrected chi connectivity index (χ4v) is 5.50. The smallest absolute Gasteiger partial charge is 0.168 e. The van der Waals surface area contributed by atoms with Gasteiger partial charge in [0.15, 0.2) is 5.79 Å². The maximum absolute atomic E-state index is 6.62. The van der Waals surface area contributed by atoms with Crippen LogP contribution in [0.2, 0.25) is 0 Å². The van der Waals surface area contributed by atoms with E-state index in [4.69, 9.17) is 33.2 Å². The summed E-state index contributed by atoms with van der Waals surface area (Å²) in [6, 6.07) is 18.2. The van der Waals surface area contributed by atoms with E-state index in [0.29, 0.717) is 33.0 Å². The van der Waals surface area contributed by atoms with Gasteiger partial charge in [-0.15, -0.1) is 0 Å². The highest BCUT2D eigenvalue weighted by molar-refractivity contribution is 5.26. The van der Waals surface area contributed by atoms with Gasteiger partial charge in [0, 0.05) is 26.1 Å². The predicted molar refractivity (Wildman–Crippen MR) is 145 cm³/mol. The first kappa shape index (κ1) is 29.0. The zero-order valence-electron chi connectivity index (χ0n) is 23.3. The number of hydrogen-bond donors (Lipinski definition) is 0. The van der Waals surface area contributed by atoms with Crippen LogP contribution in [0, 0.1) is 5.92 Å². The standard InChI is InChI=1S/C31H44O7/c1-5-31(6-2)36-21-26(38-31)18-29-30(33-4)27(22-35-20-24-12-14-25(32-3)15-13-24)28(37-29)16-17-34-19-23-10-8-7-9-11-23/h7-15,26-30H,5-6,16-22H2,1-4H3/t26?,27-,28-,29+,30+/m0/s1. The molecule has 5 atom stereocenters. The van der Waals surface area contributed by atoms with E-state index < -0.39 is 5.79 Å². The zero-order valence-corrected chi connectivity index (χ0v) is 23.3. The topological polar surface area (TPSA) is 64.6 Å². The third-order valence-corrected chi connectivity index (χ3v) is 7.77. The van der Waals surface area contributed by atoms with E-state index in [1.165, 1.54) is 5.56 Å². The molecule has 1 unspecified atom stereocenters. The maximum atomic E-state index is 6.62. The van der Waals surface area contributed by atoms with Crippen molar-refractivity contribution in [3.05, 3.63) is 65.7 Å². The van der Waals surface area contributed by atoms with Crippen molar-refractivity contribution in [3.8, 4) is 5.75 Å². The van der Waals surface area contributed by atoms with Crippen molar-refractivity contribution in [2.45, 2.75) is 82.9 Å². The highest BCUT2D eigenvalue weighted by atomic mass is 16.7. The Morgan fingerprint density at radius 3 is 2.24 bits per heavy atom. The molecule has 0 bridgehead atoms. The lowest BCUT2D eigenvalue weighted by atomic mass is 9.93. The van der Waals surface area contributed by atoms with E-state index in [0.717, 1.165) is 37.0 Å². The van der Waals surface area contributed by atoms with Crippen LogP contribution in [0.3, 0.4) is 0 Å². The quantitative estimate of drug-likeness (QED) is 0.281. The van der Waals surface area contributed by atoms with Gasteiger partial charge in [-0.05, 0) is 42.5 Å². The molecule has 2 aromatic rings. The number of rotatable bonds is 15. The summed E-state index contributed by atoms with van der Waals surface area (Å²) >= 11 is 0. The first-order valence-corrected chi connectivity index (χ1v) is 13.9. The summed E-state index contributed by atoms with van der Waals surface area (Å²) in [6.07, 6.45) is 2.96. The number of hydrogen-bond acceptors (Lipinski definition) is 7. The molecule has 0 aliphatic carbocycles. The Kier molecular flexibility index (Phi) is 11.0. The Balaban J connectivity index is 1.36. The van der Waals surface area contributed by atoms with Gasteiger partial charge in [-0.2, -0.15) is 0 Å². The van der Waals surface area contributed by atoms with Crippen LogP contribution in [0.4, 0.5) is 0 Å². The van der Waals surface area contributed by atoms with Gasteiger partial charge in [-0.25, -0.2) is 0 Å². The molecular weight excluding hydrogens is 484 g/mol. The minimum atomic E-state index is -0.475. The SMILES string of the molecule is CCC1(CC)OCC(C[C@H]2O[C@@H](CCOCc3ccccc3)[C@H](COCc3ccc(OC)cc3)[C@H]2OC)O1. The molecule has 4 rings (SSSR count). The van der Waals surface area contributed by atoms with Gasteiger partial charge < -0.3 is 33.2 Å². The lowest BCUT2D eigenvalue weighted by Crippen LogP contribution is -2.36. The van der Waals surface area contributed by atoms with Gasteiger partial charge in [0.05, 0.1) is 58.0 Å². The van der Waals surface area contributed by atoms with E-state index in [1.54, 1.807) is 14.2 Å². The van der Waals surface area contributed by atoms with Crippen molar-refractivity contribution in [2.75, 3.05) is 34.0 Å². The molecule has 2 heterocycles. The van der Waals surface area contributed by atoms with Gasteiger partial charge >= 0.3 is 0 Å². The van der Waals surface area contributed by atoms with E-state index >= 15 is 0 Å². The number of benzene rings is 2. The second-order valence-electron chi connectivity index (χ2n) is 10.2. The molecule has 0 radical (unpaired) electrons. The van der Waals surface area contributed by atoms with Crippen molar-refractivity contribution in [3.63, 3.8) is 0 Å². The summed E-state index contributed by atoms with van der Waals surface area (Å²) in [5, 5.41) is 0. The van der Waals surface area contributed by atoms with Crippen LogP contribution in [0.15, 0.2) is 54.6 Å². The number of methoxy groups -OCH3 is 2. The molecule has 38 heavy (non-hydrogen) atoms. The van der Waals surface area contributed by atoms with Gasteiger partial charge in [-0.1, -0.05) is 56.3 Å². The van der Waals surface area contributed by atoms with Crippen molar-refractivity contribution in [2.24, 2.45) is 5.92 Å². The largest absolute Gasteiger partial charge is 0.497 e. The van der Waals surface area contributed by atoms with Crippen LogP contribution < -0.4 is 4.74 Å². The van der Waals surface area contributed by atoms with Crippen LogP contribution in [0.1, 0.15) is 50.7 Å². The zero-order chi connectivity index (χ0) is 26.8. The molecule has 2 aromatic carbocycles. The third-order valence-electron chi connectivity index (χ3n) is 7.77. The van der Waals surface area contributed by atoms with Crippen molar-refractivity contribution < 1.29 is 33.2 Å². The van der Waals surface area contributed by atoms with Crippen LogP contribution in [0.25, 0.3) is 0 Å². The molecule has 0 aromatic heterocycles. The summed E-state index contributed by atoms with van der Waals surface area (Å²) in [5.41, 5.74) is 2.27. The van der Waals surface area contributed by atoms with Gasteiger partial charge in [0.2, 0.25) is 0 Å². The summed E-state index contributed by atoms with van der Waals surface area (Å²) in [7, 11) is 3.43. The Hall–Kier alpha value is -2.00. The molecule has 0 saturated carbocycles. The Morgan fingerprint density at radius 1 is 0.868 bits per heavy atom. The Labute approximate surface area is 227 Å². The van der Waals surface area contributed by atoms with E-state index in [1.807, 2.05) is 42.5 Å². The Bertz CT molecular complexity index is 931. The van der Waals surface area contributed by atoms with Crippen molar-refractivity contribution >= 4 is 0 Å². The van der Waals surface area contributed by atoms with Crippen molar-refractivity contribution in [1.29, 1.82) is 0 Å². The van der Waals surface area contributed by atoms with E-state index in [-0.39, 0.29) is 30.3 Å². The predicted octanol–water partition coefficient (Wildman–Crippen LogP) is 5.54. The van der Waals surface area contributed by atoms with Crippen LogP contribution >= 0.6 is 0 Å². The minimum absolute atomic E-state index is 0.00787. The highest BCUT2D eigenvalue weighted by Crippen LogP contribution is 2.38. The molecule has 2 fully saturated rings. The maximum Gasteiger partial charge on any atom is 0.168 e.